The normalized spacial score (nSPS) is 12.6. The maximum Gasteiger partial charge on any atom is 0.410 e. The summed E-state index contributed by atoms with van der Waals surface area (Å²) in [5.74, 6) is 0.411. The number of nitrogens with zero attached hydrogens (tertiary/aromatic N) is 3. The number of nitrogens with one attached hydrogen (secondary N) is 1. The predicted octanol–water partition coefficient (Wildman–Crippen LogP) is 2.91. The van der Waals surface area contributed by atoms with Gasteiger partial charge in [0.05, 0.1) is 6.54 Å². The van der Waals surface area contributed by atoms with Crippen LogP contribution in [0.4, 0.5) is 4.79 Å². The lowest BCUT2D eigenvalue weighted by atomic mass is 10.1. The molecule has 0 fully saturated rings. The average molecular weight is 364 g/mol. The highest BCUT2D eigenvalue weighted by molar-refractivity contribution is 5.78. The summed E-state index contributed by atoms with van der Waals surface area (Å²) in [5.41, 5.74) is 6.16. The molecule has 0 aliphatic heterocycles. The van der Waals surface area contributed by atoms with E-state index in [1.54, 1.807) is 17.3 Å². The molecule has 7 heteroatoms. The Balaban J connectivity index is 2.64. The molecule has 0 aliphatic carbocycles. The minimum atomic E-state index is -0.538. The standard InChI is InChI=1S/C19H33N5O2/c1-18(2,3)23-16(20)22-11-8-12-24(17(25)26-19(4,5)6)14-15-9-7-10-21-13-15/h7,9-10,13H,8,11-12,14H2,1-6H3,(H3,20,22,23). The second-order valence-corrected chi connectivity index (χ2v) is 8.26. The van der Waals surface area contributed by atoms with E-state index in [4.69, 9.17) is 10.5 Å². The Kier molecular flexibility index (Phi) is 7.86. The molecule has 0 atom stereocenters. The first-order valence-electron chi connectivity index (χ1n) is 8.91. The van der Waals surface area contributed by atoms with Gasteiger partial charge in [0.15, 0.2) is 5.96 Å². The third-order valence-corrected chi connectivity index (χ3v) is 3.12. The SMILES string of the molecule is CC(C)(C)NC(N)=NCCCN(Cc1cccnc1)C(=O)OC(C)(C)C. The van der Waals surface area contributed by atoms with Gasteiger partial charge in [0.1, 0.15) is 5.60 Å². The van der Waals surface area contributed by atoms with Crippen LogP contribution in [0.25, 0.3) is 0 Å². The molecule has 3 N–H and O–H groups in total. The van der Waals surface area contributed by atoms with E-state index in [0.717, 1.165) is 5.56 Å². The van der Waals surface area contributed by atoms with Crippen LogP contribution in [0.5, 0.6) is 0 Å². The van der Waals surface area contributed by atoms with E-state index < -0.39 is 5.60 Å². The molecule has 1 aromatic heterocycles. The first kappa shape index (κ1) is 21.7. The van der Waals surface area contributed by atoms with Crippen LogP contribution in [0.1, 0.15) is 53.5 Å². The molecular formula is C19H33N5O2. The van der Waals surface area contributed by atoms with Crippen molar-refractivity contribution in [3.8, 4) is 0 Å². The number of nitrogens with two attached hydrogens (primary N) is 1. The molecule has 0 saturated heterocycles. The highest BCUT2D eigenvalue weighted by Crippen LogP contribution is 2.13. The zero-order valence-corrected chi connectivity index (χ0v) is 16.9. The number of hydrogen-bond acceptors (Lipinski definition) is 4. The molecule has 7 nitrogen and oxygen atoms in total. The summed E-state index contributed by atoms with van der Waals surface area (Å²) < 4.78 is 5.51. The molecule has 26 heavy (non-hydrogen) atoms. The van der Waals surface area contributed by atoms with E-state index in [-0.39, 0.29) is 11.6 Å². The summed E-state index contributed by atoms with van der Waals surface area (Å²) in [6.45, 7) is 13.1. The van der Waals surface area contributed by atoms with E-state index in [9.17, 15) is 4.79 Å². The van der Waals surface area contributed by atoms with Crippen LogP contribution >= 0.6 is 0 Å². The summed E-state index contributed by atoms with van der Waals surface area (Å²) in [7, 11) is 0. The maximum absolute atomic E-state index is 12.5. The Morgan fingerprint density at radius 2 is 2.00 bits per heavy atom. The van der Waals surface area contributed by atoms with Crippen LogP contribution in [0, 0.1) is 0 Å². The Bertz CT molecular complexity index is 588. The Morgan fingerprint density at radius 3 is 2.54 bits per heavy atom. The molecule has 0 saturated carbocycles. The van der Waals surface area contributed by atoms with E-state index >= 15 is 0 Å². The first-order chi connectivity index (χ1) is 12.0. The second-order valence-electron chi connectivity index (χ2n) is 8.26. The van der Waals surface area contributed by atoms with Crippen molar-refractivity contribution < 1.29 is 9.53 Å². The van der Waals surface area contributed by atoms with Gasteiger partial charge in [-0.2, -0.15) is 0 Å². The fraction of sp³-hybridized carbons (Fsp3) is 0.632. The van der Waals surface area contributed by atoms with Crippen molar-refractivity contribution in [3.63, 3.8) is 0 Å². The van der Waals surface area contributed by atoms with Gasteiger partial charge >= 0.3 is 6.09 Å². The van der Waals surface area contributed by atoms with Crippen LogP contribution < -0.4 is 11.1 Å². The lowest BCUT2D eigenvalue weighted by Gasteiger charge is -2.27. The third-order valence-electron chi connectivity index (χ3n) is 3.12. The largest absolute Gasteiger partial charge is 0.444 e. The number of guanidine groups is 1. The number of aliphatic imine (C=N–C) groups is 1. The molecular weight excluding hydrogens is 330 g/mol. The van der Waals surface area contributed by atoms with E-state index in [1.807, 2.05) is 53.7 Å². The monoisotopic (exact) mass is 363 g/mol. The molecule has 1 amide bonds. The zero-order valence-electron chi connectivity index (χ0n) is 16.9. The van der Waals surface area contributed by atoms with Gasteiger partial charge in [0.2, 0.25) is 0 Å². The molecule has 0 unspecified atom stereocenters. The molecule has 1 heterocycles. The Hall–Kier alpha value is -2.31. The minimum Gasteiger partial charge on any atom is -0.444 e. The summed E-state index contributed by atoms with van der Waals surface area (Å²) in [6, 6.07) is 3.79. The topological polar surface area (TPSA) is 92.8 Å². The van der Waals surface area contributed by atoms with Crippen LogP contribution in [-0.4, -0.2) is 46.2 Å². The second kappa shape index (κ2) is 9.40. The van der Waals surface area contributed by atoms with Gasteiger partial charge in [-0.05, 0) is 59.6 Å². The van der Waals surface area contributed by atoms with Crippen LogP contribution in [0.15, 0.2) is 29.5 Å². The van der Waals surface area contributed by atoms with Gasteiger partial charge in [0, 0.05) is 31.0 Å². The predicted molar refractivity (Wildman–Crippen MR) is 105 cm³/mol. The molecule has 1 rings (SSSR count). The van der Waals surface area contributed by atoms with Crippen molar-refractivity contribution in [2.75, 3.05) is 13.1 Å². The van der Waals surface area contributed by atoms with Crippen molar-refractivity contribution >= 4 is 12.1 Å². The van der Waals surface area contributed by atoms with Gasteiger partial charge in [0.25, 0.3) is 0 Å². The number of ether oxygens (including phenoxy) is 1. The van der Waals surface area contributed by atoms with Crippen LogP contribution in [0.2, 0.25) is 0 Å². The number of carbonyl (C=O) groups excluding carboxylic acids is 1. The van der Waals surface area contributed by atoms with Crippen LogP contribution in [0.3, 0.4) is 0 Å². The number of amides is 1. The highest BCUT2D eigenvalue weighted by atomic mass is 16.6. The lowest BCUT2D eigenvalue weighted by Crippen LogP contribution is -2.45. The molecule has 1 aromatic rings. The average Bonchev–Trinajstić information content (AvgIpc) is 2.47. The number of aromatic nitrogens is 1. The smallest absolute Gasteiger partial charge is 0.410 e. The minimum absolute atomic E-state index is 0.129. The van der Waals surface area contributed by atoms with E-state index in [0.29, 0.717) is 32.0 Å². The Labute approximate surface area is 157 Å². The quantitative estimate of drug-likeness (QED) is 0.460. The number of pyridine rings is 1. The summed E-state index contributed by atoms with van der Waals surface area (Å²) in [4.78, 5) is 22.6. The van der Waals surface area contributed by atoms with Gasteiger partial charge < -0.3 is 20.7 Å². The number of rotatable bonds is 6. The van der Waals surface area contributed by atoms with Gasteiger partial charge in [-0.15, -0.1) is 0 Å². The zero-order chi connectivity index (χ0) is 19.8. The van der Waals surface area contributed by atoms with Crippen molar-refractivity contribution in [2.24, 2.45) is 10.7 Å². The van der Waals surface area contributed by atoms with Crippen LogP contribution in [-0.2, 0) is 11.3 Å². The molecule has 146 valence electrons. The highest BCUT2D eigenvalue weighted by Gasteiger charge is 2.22. The number of carbonyl (C=O) groups is 1. The lowest BCUT2D eigenvalue weighted by molar-refractivity contribution is 0.0232. The van der Waals surface area contributed by atoms with E-state index in [1.165, 1.54) is 0 Å². The van der Waals surface area contributed by atoms with Crippen molar-refractivity contribution in [1.82, 2.24) is 15.2 Å². The fourth-order valence-electron chi connectivity index (χ4n) is 2.16. The van der Waals surface area contributed by atoms with Crippen molar-refractivity contribution in [3.05, 3.63) is 30.1 Å². The Morgan fingerprint density at radius 1 is 1.31 bits per heavy atom. The summed E-state index contributed by atoms with van der Waals surface area (Å²) >= 11 is 0. The molecule has 0 bridgehead atoms. The third kappa shape index (κ3) is 9.86. The summed E-state index contributed by atoms with van der Waals surface area (Å²) in [6.07, 6.45) is 3.81. The van der Waals surface area contributed by atoms with Gasteiger partial charge in [-0.3, -0.25) is 9.98 Å². The summed E-state index contributed by atoms with van der Waals surface area (Å²) in [5, 5.41) is 3.12. The van der Waals surface area contributed by atoms with Gasteiger partial charge in [-0.1, -0.05) is 6.07 Å². The maximum atomic E-state index is 12.5. The first-order valence-corrected chi connectivity index (χ1v) is 8.91. The molecule has 0 aliphatic rings. The van der Waals surface area contributed by atoms with Crippen molar-refractivity contribution in [2.45, 2.75) is 65.6 Å². The molecule has 0 spiro atoms. The van der Waals surface area contributed by atoms with E-state index in [2.05, 4.69) is 15.3 Å². The molecule has 0 radical (unpaired) electrons. The fourth-order valence-corrected chi connectivity index (χ4v) is 2.16. The van der Waals surface area contributed by atoms with Crippen molar-refractivity contribution in [1.29, 1.82) is 0 Å². The number of hydrogen-bond donors (Lipinski definition) is 2. The molecule has 0 aromatic carbocycles. The van der Waals surface area contributed by atoms with Gasteiger partial charge in [-0.25, -0.2) is 4.79 Å².